The summed E-state index contributed by atoms with van der Waals surface area (Å²) >= 11 is 0. The van der Waals surface area contributed by atoms with Crippen LogP contribution < -0.4 is 5.32 Å². The summed E-state index contributed by atoms with van der Waals surface area (Å²) in [5.74, 6) is -0.266. The largest absolute Gasteiger partial charge is 0.351 e. The highest BCUT2D eigenvalue weighted by atomic mass is 32.2. The van der Waals surface area contributed by atoms with E-state index in [0.29, 0.717) is 62.8 Å². The van der Waals surface area contributed by atoms with E-state index in [1.807, 2.05) is 0 Å². The highest BCUT2D eigenvalue weighted by molar-refractivity contribution is 7.89. The summed E-state index contributed by atoms with van der Waals surface area (Å²) in [4.78, 5) is 15.1. The van der Waals surface area contributed by atoms with Gasteiger partial charge < -0.3 is 5.32 Å². The fourth-order valence-corrected chi connectivity index (χ4v) is 7.36. The fourth-order valence-electron chi connectivity index (χ4n) is 4.40. The van der Waals surface area contributed by atoms with Crippen molar-refractivity contribution in [1.82, 2.24) is 18.8 Å². The van der Waals surface area contributed by atoms with Gasteiger partial charge in [-0.05, 0) is 49.2 Å². The van der Waals surface area contributed by atoms with E-state index in [1.54, 1.807) is 42.5 Å². The third kappa shape index (κ3) is 6.10. The predicted molar refractivity (Wildman–Crippen MR) is 133 cm³/mol. The van der Waals surface area contributed by atoms with Crippen LogP contribution >= 0.6 is 0 Å². The molecule has 2 aliphatic heterocycles. The summed E-state index contributed by atoms with van der Waals surface area (Å²) < 4.78 is 54.0. The van der Waals surface area contributed by atoms with Crippen molar-refractivity contribution >= 4 is 26.0 Å². The van der Waals surface area contributed by atoms with E-state index in [1.165, 1.54) is 20.7 Å². The van der Waals surface area contributed by atoms with Crippen molar-refractivity contribution in [3.63, 3.8) is 0 Å². The van der Waals surface area contributed by atoms with E-state index >= 15 is 0 Å². The second-order valence-corrected chi connectivity index (χ2v) is 12.7. The van der Waals surface area contributed by atoms with Crippen molar-refractivity contribution in [3.8, 4) is 0 Å². The first-order chi connectivity index (χ1) is 16.8. The van der Waals surface area contributed by atoms with Crippen LogP contribution in [0, 0.1) is 0 Å². The number of amides is 1. The molecule has 0 aliphatic carbocycles. The zero-order valence-electron chi connectivity index (χ0n) is 19.7. The molecule has 1 amide bonds. The number of hydrogen-bond acceptors (Lipinski definition) is 6. The molecule has 9 nitrogen and oxygen atoms in total. The van der Waals surface area contributed by atoms with E-state index in [9.17, 15) is 21.6 Å². The Morgan fingerprint density at radius 1 is 0.686 bits per heavy atom. The number of nitrogens with zero attached hydrogens (tertiary/aromatic N) is 3. The number of carbonyl (C=O) groups is 1. The molecule has 11 heteroatoms. The average Bonchev–Trinajstić information content (AvgIpc) is 2.90. The lowest BCUT2D eigenvalue weighted by Gasteiger charge is -2.33. The van der Waals surface area contributed by atoms with Crippen molar-refractivity contribution in [1.29, 1.82) is 0 Å². The van der Waals surface area contributed by atoms with Gasteiger partial charge in [-0.25, -0.2) is 16.8 Å². The van der Waals surface area contributed by atoms with Crippen molar-refractivity contribution in [3.05, 3.63) is 60.2 Å². The van der Waals surface area contributed by atoms with Gasteiger partial charge in [0.25, 0.3) is 5.91 Å². The van der Waals surface area contributed by atoms with Crippen LogP contribution in [-0.2, 0) is 20.0 Å². The second kappa shape index (κ2) is 11.2. The van der Waals surface area contributed by atoms with Crippen LogP contribution in [0.4, 0.5) is 0 Å². The molecule has 2 aromatic rings. The summed E-state index contributed by atoms with van der Waals surface area (Å²) in [6.45, 7) is 4.07. The minimum absolute atomic E-state index is 0.208. The Hall–Kier alpha value is -2.31. The predicted octanol–water partition coefficient (Wildman–Crippen LogP) is 1.60. The Bertz CT molecular complexity index is 1200. The molecule has 2 saturated heterocycles. The highest BCUT2D eigenvalue weighted by Crippen LogP contribution is 2.21. The number of piperazine rings is 1. The smallest absolute Gasteiger partial charge is 0.251 e. The van der Waals surface area contributed by atoms with E-state index in [2.05, 4.69) is 10.2 Å². The molecule has 4 rings (SSSR count). The quantitative estimate of drug-likeness (QED) is 0.567. The molecule has 2 aromatic carbocycles. The molecule has 0 atom stereocenters. The zero-order valence-corrected chi connectivity index (χ0v) is 21.3. The molecule has 35 heavy (non-hydrogen) atoms. The van der Waals surface area contributed by atoms with Gasteiger partial charge in [-0.3, -0.25) is 9.69 Å². The van der Waals surface area contributed by atoms with Gasteiger partial charge in [0.05, 0.1) is 9.79 Å². The number of rotatable bonds is 8. The van der Waals surface area contributed by atoms with Crippen LogP contribution in [0.25, 0.3) is 0 Å². The lowest BCUT2D eigenvalue weighted by molar-refractivity contribution is 0.0945. The van der Waals surface area contributed by atoms with Gasteiger partial charge in [0.1, 0.15) is 0 Å². The molecule has 2 fully saturated rings. The number of hydrogen-bond donors (Lipinski definition) is 1. The average molecular weight is 521 g/mol. The maximum Gasteiger partial charge on any atom is 0.251 e. The molecule has 0 aromatic heterocycles. The zero-order chi connectivity index (χ0) is 24.9. The number of benzene rings is 2. The topological polar surface area (TPSA) is 107 Å². The van der Waals surface area contributed by atoms with Gasteiger partial charge in [-0.15, -0.1) is 0 Å². The number of sulfonamides is 2. The molecule has 1 N–H and O–H groups in total. The van der Waals surface area contributed by atoms with Crippen LogP contribution in [0.3, 0.4) is 0 Å². The number of nitrogens with one attached hydrogen (secondary N) is 1. The Morgan fingerprint density at radius 2 is 1.23 bits per heavy atom. The van der Waals surface area contributed by atoms with Crippen LogP contribution in [-0.4, -0.2) is 88.6 Å². The molecule has 2 heterocycles. The van der Waals surface area contributed by atoms with E-state index in [4.69, 9.17) is 0 Å². The van der Waals surface area contributed by atoms with Crippen molar-refractivity contribution in [2.75, 3.05) is 52.4 Å². The van der Waals surface area contributed by atoms with Crippen molar-refractivity contribution < 1.29 is 21.6 Å². The van der Waals surface area contributed by atoms with Gasteiger partial charge in [0.15, 0.2) is 0 Å². The Balaban J connectivity index is 1.23. The Labute approximate surface area is 207 Å². The SMILES string of the molecule is O=C(NCCN1CCN(S(=O)(=O)c2ccccc2)CC1)c1ccc(S(=O)(=O)N2CCCCC2)cc1. The van der Waals surface area contributed by atoms with E-state index < -0.39 is 20.0 Å². The molecular formula is C24H32N4O5S2. The van der Waals surface area contributed by atoms with Crippen LogP contribution in [0.1, 0.15) is 29.6 Å². The van der Waals surface area contributed by atoms with E-state index in [-0.39, 0.29) is 10.8 Å². The maximum atomic E-state index is 12.8. The first kappa shape index (κ1) is 25.8. The molecule has 0 bridgehead atoms. The van der Waals surface area contributed by atoms with Crippen molar-refractivity contribution in [2.24, 2.45) is 0 Å². The molecule has 190 valence electrons. The normalized spacial score (nSPS) is 18.9. The fraction of sp³-hybridized carbons (Fsp3) is 0.458. The molecule has 0 spiro atoms. The van der Waals surface area contributed by atoms with E-state index in [0.717, 1.165) is 19.3 Å². The molecule has 0 unspecified atom stereocenters. The van der Waals surface area contributed by atoms with Gasteiger partial charge in [0.2, 0.25) is 20.0 Å². The lowest BCUT2D eigenvalue weighted by atomic mass is 10.2. The minimum Gasteiger partial charge on any atom is -0.351 e. The monoisotopic (exact) mass is 520 g/mol. The van der Waals surface area contributed by atoms with Crippen LogP contribution in [0.2, 0.25) is 0 Å². The van der Waals surface area contributed by atoms with Crippen molar-refractivity contribution in [2.45, 2.75) is 29.1 Å². The molecule has 0 radical (unpaired) electrons. The number of carbonyl (C=O) groups excluding carboxylic acids is 1. The van der Waals surface area contributed by atoms with Crippen LogP contribution in [0.15, 0.2) is 64.4 Å². The summed E-state index contributed by atoms with van der Waals surface area (Å²) in [5, 5.41) is 2.86. The summed E-state index contributed by atoms with van der Waals surface area (Å²) in [5.41, 5.74) is 0.404. The Kier molecular flexibility index (Phi) is 8.23. The summed E-state index contributed by atoms with van der Waals surface area (Å²) in [6.07, 6.45) is 2.79. The van der Waals surface area contributed by atoms with Gasteiger partial charge in [-0.1, -0.05) is 24.6 Å². The maximum absolute atomic E-state index is 12.8. The lowest BCUT2D eigenvalue weighted by Crippen LogP contribution is -2.50. The number of piperidine rings is 1. The summed E-state index contributed by atoms with van der Waals surface area (Å²) in [7, 11) is -7.01. The standard InChI is InChI=1S/C24H32N4O5S2/c29-24(21-9-11-23(12-10-21)35(32,33)27-14-5-2-6-15-27)25-13-16-26-17-19-28(20-18-26)34(30,31)22-7-3-1-4-8-22/h1,3-4,7-12H,2,5-6,13-20H2,(H,25,29). The third-order valence-electron chi connectivity index (χ3n) is 6.50. The van der Waals surface area contributed by atoms with Gasteiger partial charge in [-0.2, -0.15) is 8.61 Å². The first-order valence-corrected chi connectivity index (χ1v) is 14.8. The summed E-state index contributed by atoms with van der Waals surface area (Å²) in [6, 6.07) is 14.5. The molecule has 2 aliphatic rings. The minimum atomic E-state index is -3.52. The Morgan fingerprint density at radius 3 is 1.83 bits per heavy atom. The molecule has 0 saturated carbocycles. The highest BCUT2D eigenvalue weighted by Gasteiger charge is 2.28. The van der Waals surface area contributed by atoms with Gasteiger partial charge >= 0.3 is 0 Å². The molecular weight excluding hydrogens is 488 g/mol. The van der Waals surface area contributed by atoms with Crippen LogP contribution in [0.5, 0.6) is 0 Å². The third-order valence-corrected chi connectivity index (χ3v) is 10.3. The first-order valence-electron chi connectivity index (χ1n) is 11.9. The second-order valence-electron chi connectivity index (χ2n) is 8.80. The van der Waals surface area contributed by atoms with Gasteiger partial charge in [0, 0.05) is 57.9 Å².